The molecule has 2 rings (SSSR count). The fraction of sp³-hybridized carbons (Fsp3) is 0.562. The number of nitrogens with one attached hydrogen (secondary N) is 1. The van der Waals surface area contributed by atoms with Crippen LogP contribution in [0, 0.1) is 5.92 Å². The number of nitrogens with zero attached hydrogens (tertiary/aromatic N) is 2. The average molecular weight is 275 g/mol. The third kappa shape index (κ3) is 4.23. The number of rotatable bonds is 9. The van der Waals surface area contributed by atoms with Crippen LogP contribution in [0.5, 0.6) is 0 Å². The zero-order valence-corrected chi connectivity index (χ0v) is 12.3. The molecule has 1 fully saturated rings. The quantitative estimate of drug-likeness (QED) is 0.680. The van der Waals surface area contributed by atoms with Gasteiger partial charge in [0.2, 0.25) is 0 Å². The van der Waals surface area contributed by atoms with Gasteiger partial charge in [-0.3, -0.25) is 0 Å². The van der Waals surface area contributed by atoms with Gasteiger partial charge in [-0.15, -0.1) is 6.58 Å². The Labute approximate surface area is 121 Å². The zero-order chi connectivity index (χ0) is 14.4. The predicted octanol–water partition coefficient (Wildman–Crippen LogP) is 2.67. The van der Waals surface area contributed by atoms with Gasteiger partial charge in [-0.25, -0.2) is 4.98 Å². The summed E-state index contributed by atoms with van der Waals surface area (Å²) in [4.78, 5) is 6.47. The van der Waals surface area contributed by atoms with Gasteiger partial charge in [0, 0.05) is 19.6 Å². The van der Waals surface area contributed by atoms with Crippen LogP contribution in [0.1, 0.15) is 25.7 Å². The Morgan fingerprint density at radius 2 is 2.35 bits per heavy atom. The summed E-state index contributed by atoms with van der Waals surface area (Å²) in [5, 5.41) is 12.5. The molecule has 4 heteroatoms. The largest absolute Gasteiger partial charge is 0.395 e. The maximum absolute atomic E-state index is 8.94. The molecule has 0 amide bonds. The molecule has 1 heterocycles. The molecule has 0 aromatic carbocycles. The Bertz CT molecular complexity index is 414. The van der Waals surface area contributed by atoms with Crippen LogP contribution < -0.4 is 10.2 Å². The van der Waals surface area contributed by atoms with E-state index in [1.807, 2.05) is 36.4 Å². The van der Waals surface area contributed by atoms with E-state index in [0.29, 0.717) is 12.6 Å². The first-order chi connectivity index (χ1) is 9.74. The number of likely N-dealkylation sites (N-methyl/N-ethyl adjacent to an activating group) is 1. The number of pyridine rings is 1. The van der Waals surface area contributed by atoms with E-state index in [1.165, 1.54) is 12.8 Å². The van der Waals surface area contributed by atoms with E-state index in [2.05, 4.69) is 16.9 Å². The highest BCUT2D eigenvalue weighted by Crippen LogP contribution is 2.36. The van der Waals surface area contributed by atoms with Crippen molar-refractivity contribution in [3.8, 4) is 0 Å². The molecule has 1 aliphatic rings. The molecule has 0 aliphatic heterocycles. The van der Waals surface area contributed by atoms with Crippen LogP contribution >= 0.6 is 0 Å². The van der Waals surface area contributed by atoms with Gasteiger partial charge in [-0.2, -0.15) is 0 Å². The van der Waals surface area contributed by atoms with E-state index in [0.717, 1.165) is 30.3 Å². The van der Waals surface area contributed by atoms with E-state index >= 15 is 0 Å². The smallest absolute Gasteiger partial charge is 0.126 e. The molecule has 20 heavy (non-hydrogen) atoms. The SMILES string of the molecule is C=CCCC(Nc1ccc(N(C)CCO)cn1)C1CC1. The van der Waals surface area contributed by atoms with Crippen molar-refractivity contribution in [1.82, 2.24) is 4.98 Å². The second-order valence-electron chi connectivity index (χ2n) is 5.50. The average Bonchev–Trinajstić information content (AvgIpc) is 3.29. The molecule has 1 saturated carbocycles. The van der Waals surface area contributed by atoms with Crippen LogP contribution in [0.25, 0.3) is 0 Å². The van der Waals surface area contributed by atoms with Crippen molar-refractivity contribution in [2.75, 3.05) is 30.4 Å². The van der Waals surface area contributed by atoms with Crippen LogP contribution in [0.15, 0.2) is 31.0 Å². The molecule has 0 bridgehead atoms. The molecule has 1 aliphatic carbocycles. The lowest BCUT2D eigenvalue weighted by Gasteiger charge is -2.20. The Morgan fingerprint density at radius 3 is 2.90 bits per heavy atom. The number of anilines is 2. The topological polar surface area (TPSA) is 48.4 Å². The van der Waals surface area contributed by atoms with Crippen molar-refractivity contribution >= 4 is 11.5 Å². The van der Waals surface area contributed by atoms with Gasteiger partial charge in [0.15, 0.2) is 0 Å². The minimum Gasteiger partial charge on any atom is -0.395 e. The highest BCUT2D eigenvalue weighted by atomic mass is 16.3. The fourth-order valence-electron chi connectivity index (χ4n) is 2.39. The lowest BCUT2D eigenvalue weighted by atomic mass is 10.1. The number of aromatic nitrogens is 1. The van der Waals surface area contributed by atoms with Crippen molar-refractivity contribution in [2.45, 2.75) is 31.7 Å². The molecule has 1 aromatic rings. The van der Waals surface area contributed by atoms with Gasteiger partial charge >= 0.3 is 0 Å². The monoisotopic (exact) mass is 275 g/mol. The number of aliphatic hydroxyl groups excluding tert-OH is 1. The van der Waals surface area contributed by atoms with Gasteiger partial charge in [0.1, 0.15) is 5.82 Å². The first-order valence-corrected chi connectivity index (χ1v) is 7.40. The molecular weight excluding hydrogens is 250 g/mol. The van der Waals surface area contributed by atoms with Gasteiger partial charge < -0.3 is 15.3 Å². The minimum absolute atomic E-state index is 0.155. The Morgan fingerprint density at radius 1 is 1.55 bits per heavy atom. The summed E-state index contributed by atoms with van der Waals surface area (Å²) in [6.07, 6.45) is 8.67. The first kappa shape index (κ1) is 14.9. The number of allylic oxidation sites excluding steroid dienone is 1. The van der Waals surface area contributed by atoms with Gasteiger partial charge in [0.25, 0.3) is 0 Å². The van der Waals surface area contributed by atoms with Crippen LogP contribution in [0.4, 0.5) is 11.5 Å². The molecular formula is C16H25N3O. The predicted molar refractivity (Wildman–Crippen MR) is 84.2 cm³/mol. The molecule has 0 spiro atoms. The van der Waals surface area contributed by atoms with E-state index in [4.69, 9.17) is 5.11 Å². The van der Waals surface area contributed by atoms with Gasteiger partial charge in [-0.1, -0.05) is 6.08 Å². The van der Waals surface area contributed by atoms with Crippen LogP contribution in [0.2, 0.25) is 0 Å². The third-order valence-electron chi connectivity index (χ3n) is 3.83. The highest BCUT2D eigenvalue weighted by molar-refractivity contribution is 5.49. The van der Waals surface area contributed by atoms with Crippen molar-refractivity contribution in [3.05, 3.63) is 31.0 Å². The molecule has 1 aromatic heterocycles. The van der Waals surface area contributed by atoms with E-state index in [1.54, 1.807) is 0 Å². The zero-order valence-electron chi connectivity index (χ0n) is 12.3. The Hall–Kier alpha value is -1.55. The maximum Gasteiger partial charge on any atom is 0.126 e. The lowest BCUT2D eigenvalue weighted by Crippen LogP contribution is -2.23. The second-order valence-corrected chi connectivity index (χ2v) is 5.50. The number of hydrogen-bond donors (Lipinski definition) is 2. The lowest BCUT2D eigenvalue weighted by molar-refractivity contribution is 0.304. The number of aliphatic hydroxyl groups is 1. The van der Waals surface area contributed by atoms with Crippen molar-refractivity contribution < 1.29 is 5.11 Å². The standard InChI is InChI=1S/C16H25N3O/c1-3-4-5-15(13-6-7-13)18-16-9-8-14(12-17-16)19(2)10-11-20/h3,8-9,12-13,15,20H,1,4-7,10-11H2,2H3,(H,17,18). The molecule has 1 unspecified atom stereocenters. The molecule has 0 saturated heterocycles. The summed E-state index contributed by atoms with van der Waals surface area (Å²) < 4.78 is 0. The van der Waals surface area contributed by atoms with Crippen molar-refractivity contribution in [2.24, 2.45) is 5.92 Å². The molecule has 1 atom stereocenters. The van der Waals surface area contributed by atoms with Crippen LogP contribution in [-0.4, -0.2) is 36.3 Å². The summed E-state index contributed by atoms with van der Waals surface area (Å²) in [6, 6.07) is 4.58. The summed E-state index contributed by atoms with van der Waals surface area (Å²) in [5.41, 5.74) is 1.03. The Kier molecular flexibility index (Phi) is 5.41. The molecule has 4 nitrogen and oxygen atoms in total. The summed E-state index contributed by atoms with van der Waals surface area (Å²) in [7, 11) is 1.96. The third-order valence-corrected chi connectivity index (χ3v) is 3.83. The minimum atomic E-state index is 0.155. The van der Waals surface area contributed by atoms with Crippen molar-refractivity contribution in [3.63, 3.8) is 0 Å². The first-order valence-electron chi connectivity index (χ1n) is 7.40. The van der Waals surface area contributed by atoms with E-state index < -0.39 is 0 Å². The maximum atomic E-state index is 8.94. The van der Waals surface area contributed by atoms with E-state index in [-0.39, 0.29) is 6.61 Å². The summed E-state index contributed by atoms with van der Waals surface area (Å²) in [5.74, 6) is 1.74. The van der Waals surface area contributed by atoms with E-state index in [9.17, 15) is 0 Å². The van der Waals surface area contributed by atoms with Gasteiger partial charge in [-0.05, 0) is 43.7 Å². The molecule has 0 radical (unpaired) electrons. The fourth-order valence-corrected chi connectivity index (χ4v) is 2.39. The molecule has 110 valence electrons. The van der Waals surface area contributed by atoms with Crippen LogP contribution in [-0.2, 0) is 0 Å². The normalized spacial score (nSPS) is 15.7. The summed E-state index contributed by atoms with van der Waals surface area (Å²) >= 11 is 0. The highest BCUT2D eigenvalue weighted by Gasteiger charge is 2.30. The second kappa shape index (κ2) is 7.29. The van der Waals surface area contributed by atoms with Crippen LogP contribution in [0.3, 0.4) is 0 Å². The summed E-state index contributed by atoms with van der Waals surface area (Å²) in [6.45, 7) is 4.58. The Balaban J connectivity index is 1.92. The molecule has 2 N–H and O–H groups in total. The van der Waals surface area contributed by atoms with Crippen molar-refractivity contribution in [1.29, 1.82) is 0 Å². The van der Waals surface area contributed by atoms with Gasteiger partial charge in [0.05, 0.1) is 18.5 Å². The number of hydrogen-bond acceptors (Lipinski definition) is 4.